The van der Waals surface area contributed by atoms with Gasteiger partial charge in [0.15, 0.2) is 16.9 Å². The molecule has 5 aromatic rings. The zero-order valence-electron chi connectivity index (χ0n) is 33.5. The molecule has 13 nitrogen and oxygen atoms in total. The van der Waals surface area contributed by atoms with Gasteiger partial charge in [0.05, 0.1) is 74.1 Å². The summed E-state index contributed by atoms with van der Waals surface area (Å²) in [5, 5.41) is 22.5. The number of rotatable bonds is 9. The molecule has 0 spiro atoms. The zero-order valence-corrected chi connectivity index (χ0v) is 34.3. The number of nitrogens with one attached hydrogen (secondary N) is 2. The van der Waals surface area contributed by atoms with Gasteiger partial charge < -0.3 is 39.4 Å². The van der Waals surface area contributed by atoms with E-state index < -0.39 is 23.4 Å². The third-order valence-corrected chi connectivity index (χ3v) is 13.8. The summed E-state index contributed by atoms with van der Waals surface area (Å²) in [6, 6.07) is 0.969. The number of ether oxygens (including phenoxy) is 5. The van der Waals surface area contributed by atoms with Gasteiger partial charge in [-0.1, -0.05) is 11.6 Å². The number of Topliss-reactive ketones (excluding diaryl/α,β-unsaturated/α-hetero) is 1. The van der Waals surface area contributed by atoms with Gasteiger partial charge in [0, 0.05) is 75.1 Å². The molecule has 1 saturated carbocycles. The third-order valence-electron chi connectivity index (χ3n) is 12.7. The Balaban J connectivity index is 1.44. The Hall–Kier alpha value is -5.05. The largest absolute Gasteiger partial charge is 0.504 e. The average molecular weight is 810 g/mol. The standard InChI is InChI=1S/C44H47N3O10S/c1-7-57-44(52)24-18-58-43-38(46-24)36-32-28-23(37(39(36)50)45-21-8-10-22(11-9-21)47-12-14-56-15-13-47)16-19(2)27(20(3)48)34-31(28)33-29(40(51)41(34)54-5)25(49)17-26(53-4)30(33)35(32)42(43)55-6/h16-17,21-22,24,27,45-46,51H,7-15,18H2,1-6H3. The average Bonchev–Trinajstić information content (AvgIpc) is 3.36. The van der Waals surface area contributed by atoms with Gasteiger partial charge in [0.1, 0.15) is 23.3 Å². The highest BCUT2D eigenvalue weighted by molar-refractivity contribution is 7.99. The summed E-state index contributed by atoms with van der Waals surface area (Å²) in [7, 11) is 4.42. The maximum atomic E-state index is 15.7. The normalized spacial score (nSPS) is 22.1. The number of phenols is 1. The van der Waals surface area contributed by atoms with Crippen molar-refractivity contribution in [1.29, 1.82) is 0 Å². The molecule has 9 rings (SSSR count). The van der Waals surface area contributed by atoms with Crippen molar-refractivity contribution in [3.8, 4) is 23.0 Å². The molecular weight excluding hydrogens is 763 g/mol. The Kier molecular flexibility index (Phi) is 9.72. The Morgan fingerprint density at radius 3 is 2.29 bits per heavy atom. The molecule has 2 aliphatic carbocycles. The topological polar surface area (TPSA) is 162 Å². The number of hydrogen-bond donors (Lipinski definition) is 3. The minimum atomic E-state index is -0.897. The third kappa shape index (κ3) is 5.58. The number of carbonyl (C=O) groups excluding carboxylic acids is 2. The number of nitrogens with zero attached hydrogens (tertiary/aromatic N) is 1. The SMILES string of the molecule is CCOC(=O)C1CSc2c(c3c(=O)c(NC4CCC(N5CCOCC5)CC4)c4c5c6c(c(OC)c(O)c7c(=O)cc(OC)c(c(c2OC)c35)c76)C(C(C)=O)C(C)=C4)N1. The minimum absolute atomic E-state index is 0.00748. The molecule has 2 fully saturated rings. The summed E-state index contributed by atoms with van der Waals surface area (Å²) in [6.45, 7) is 8.56. The Bertz CT molecular complexity index is 2690. The number of aromatic hydroxyl groups is 1. The molecule has 5 aromatic carbocycles. The van der Waals surface area contributed by atoms with Crippen LogP contribution in [0.5, 0.6) is 23.0 Å². The molecule has 0 bridgehead atoms. The molecule has 2 atom stereocenters. The van der Waals surface area contributed by atoms with Crippen molar-refractivity contribution < 1.29 is 38.4 Å². The van der Waals surface area contributed by atoms with Crippen molar-refractivity contribution in [3.63, 3.8) is 0 Å². The van der Waals surface area contributed by atoms with E-state index >= 15 is 4.79 Å². The molecule has 3 N–H and O–H groups in total. The van der Waals surface area contributed by atoms with Crippen molar-refractivity contribution in [1.82, 2.24) is 4.90 Å². The molecule has 1 saturated heterocycles. The highest BCUT2D eigenvalue weighted by atomic mass is 32.2. The van der Waals surface area contributed by atoms with Crippen LogP contribution in [0.15, 0.2) is 26.1 Å². The Labute approximate surface area is 338 Å². The maximum absolute atomic E-state index is 15.7. The van der Waals surface area contributed by atoms with E-state index in [2.05, 4.69) is 15.5 Å². The summed E-state index contributed by atoms with van der Waals surface area (Å²) in [6.07, 6.45) is 5.48. The number of morpholine rings is 1. The summed E-state index contributed by atoms with van der Waals surface area (Å²) in [5.74, 6) is -0.978. The van der Waals surface area contributed by atoms with Crippen LogP contribution in [0.4, 0.5) is 11.4 Å². The van der Waals surface area contributed by atoms with E-state index in [-0.39, 0.29) is 46.5 Å². The van der Waals surface area contributed by atoms with Gasteiger partial charge in [-0.2, -0.15) is 0 Å². The van der Waals surface area contributed by atoms with Crippen LogP contribution in [0.25, 0.3) is 49.2 Å². The van der Waals surface area contributed by atoms with Crippen molar-refractivity contribution >= 4 is 84.1 Å². The number of anilines is 2. The first-order valence-electron chi connectivity index (χ1n) is 20.0. The molecule has 0 aromatic heterocycles. The van der Waals surface area contributed by atoms with Gasteiger partial charge in [-0.05, 0) is 51.8 Å². The van der Waals surface area contributed by atoms with Crippen LogP contribution >= 0.6 is 11.8 Å². The van der Waals surface area contributed by atoms with Crippen LogP contribution in [0.3, 0.4) is 0 Å². The number of ketones is 1. The summed E-state index contributed by atoms with van der Waals surface area (Å²) >= 11 is 1.38. The fourth-order valence-electron chi connectivity index (χ4n) is 10.3. The Morgan fingerprint density at radius 1 is 0.931 bits per heavy atom. The van der Waals surface area contributed by atoms with Crippen LogP contribution in [0.1, 0.15) is 63.5 Å². The van der Waals surface area contributed by atoms with Crippen LogP contribution < -0.4 is 35.7 Å². The first-order chi connectivity index (χ1) is 28.0. The van der Waals surface area contributed by atoms with E-state index in [1.807, 2.05) is 13.0 Å². The quantitative estimate of drug-likeness (QED) is 0.0874. The van der Waals surface area contributed by atoms with E-state index in [1.165, 1.54) is 39.0 Å². The van der Waals surface area contributed by atoms with Crippen LogP contribution in [-0.4, -0.2) is 99.9 Å². The number of methoxy groups -OCH3 is 3. The lowest BCUT2D eigenvalue weighted by Gasteiger charge is -2.39. The highest BCUT2D eigenvalue weighted by Gasteiger charge is 2.40. The second kappa shape index (κ2) is 14.6. The number of fused-ring (bicyclic) bond motifs is 3. The second-order valence-electron chi connectivity index (χ2n) is 15.7. The lowest BCUT2D eigenvalue weighted by atomic mass is 9.80. The Morgan fingerprint density at radius 2 is 1.64 bits per heavy atom. The molecule has 14 heteroatoms. The maximum Gasteiger partial charge on any atom is 0.329 e. The number of thioether (sulfide) groups is 1. The molecule has 0 amide bonds. The molecule has 58 heavy (non-hydrogen) atoms. The van der Waals surface area contributed by atoms with E-state index in [0.29, 0.717) is 88.2 Å². The molecular formula is C44H47N3O10S. The van der Waals surface area contributed by atoms with Crippen molar-refractivity contribution in [2.45, 2.75) is 75.4 Å². The van der Waals surface area contributed by atoms with Crippen LogP contribution in [0, 0.1) is 0 Å². The van der Waals surface area contributed by atoms with E-state index in [4.69, 9.17) is 23.7 Å². The molecule has 0 radical (unpaired) electrons. The zero-order chi connectivity index (χ0) is 40.7. The van der Waals surface area contributed by atoms with Crippen LogP contribution in [0.2, 0.25) is 0 Å². The van der Waals surface area contributed by atoms with Crippen molar-refractivity contribution in [2.24, 2.45) is 0 Å². The fourth-order valence-corrected chi connectivity index (χ4v) is 11.4. The van der Waals surface area contributed by atoms with Crippen LogP contribution in [-0.2, 0) is 19.1 Å². The monoisotopic (exact) mass is 809 g/mol. The summed E-state index contributed by atoms with van der Waals surface area (Å²) in [4.78, 5) is 60.2. The molecule has 2 aliphatic heterocycles. The molecule has 4 aliphatic rings. The minimum Gasteiger partial charge on any atom is -0.504 e. The summed E-state index contributed by atoms with van der Waals surface area (Å²) < 4.78 is 29.3. The number of phenolic OH excluding ortho intramolecular Hbond substituents is 1. The second-order valence-corrected chi connectivity index (χ2v) is 16.7. The van der Waals surface area contributed by atoms with Crippen molar-refractivity contribution in [2.75, 3.05) is 70.6 Å². The first-order valence-corrected chi connectivity index (χ1v) is 21.0. The van der Waals surface area contributed by atoms with Gasteiger partial charge in [-0.3, -0.25) is 19.3 Å². The lowest BCUT2D eigenvalue weighted by Crippen LogP contribution is -2.46. The van der Waals surface area contributed by atoms with Gasteiger partial charge in [-0.15, -0.1) is 11.8 Å². The number of carbonyl (C=O) groups is 2. The number of benzene rings is 5. The van der Waals surface area contributed by atoms with E-state index in [0.717, 1.165) is 52.0 Å². The van der Waals surface area contributed by atoms with E-state index in [1.54, 1.807) is 14.0 Å². The molecule has 2 heterocycles. The highest BCUT2D eigenvalue weighted by Crippen LogP contribution is 2.59. The van der Waals surface area contributed by atoms with Gasteiger partial charge in [0.25, 0.3) is 0 Å². The predicted octanol–water partition coefficient (Wildman–Crippen LogP) is 6.22. The molecule has 304 valence electrons. The summed E-state index contributed by atoms with van der Waals surface area (Å²) in [5.41, 5.74) is 1.63. The predicted molar refractivity (Wildman–Crippen MR) is 227 cm³/mol. The van der Waals surface area contributed by atoms with Gasteiger partial charge in [0.2, 0.25) is 5.43 Å². The smallest absolute Gasteiger partial charge is 0.329 e. The lowest BCUT2D eigenvalue weighted by molar-refractivity contribution is -0.143. The van der Waals surface area contributed by atoms with Gasteiger partial charge in [-0.25, -0.2) is 4.79 Å². The number of allylic oxidation sites excluding steroid dienone is 1. The fraction of sp³-hybridized carbons (Fsp3) is 0.455. The number of hydrogen-bond acceptors (Lipinski definition) is 14. The van der Waals surface area contributed by atoms with E-state index in [9.17, 15) is 19.5 Å². The van der Waals surface area contributed by atoms with Crippen molar-refractivity contribution in [3.05, 3.63) is 43.2 Å². The van der Waals surface area contributed by atoms with Gasteiger partial charge >= 0.3 is 5.97 Å². The first kappa shape index (κ1) is 38.5. The number of esters is 1. The molecule has 2 unspecified atom stereocenters.